The molecule has 3 amide bonds. The first-order valence-electron chi connectivity index (χ1n) is 8.59. The predicted molar refractivity (Wildman–Crippen MR) is 100 cm³/mol. The van der Waals surface area contributed by atoms with Gasteiger partial charge in [0.05, 0.1) is 23.5 Å². The monoisotopic (exact) mass is 425 g/mol. The van der Waals surface area contributed by atoms with Gasteiger partial charge in [-0.15, -0.1) is 0 Å². The van der Waals surface area contributed by atoms with Gasteiger partial charge in [0.2, 0.25) is 11.8 Å². The fraction of sp³-hybridized carbons (Fsp3) is 0.211. The van der Waals surface area contributed by atoms with Gasteiger partial charge in [-0.05, 0) is 36.8 Å². The number of rotatable bonds is 5. The van der Waals surface area contributed by atoms with E-state index in [0.717, 1.165) is 6.07 Å². The number of carbonyl (C=O) groups is 3. The molecule has 1 saturated heterocycles. The lowest BCUT2D eigenvalue weighted by molar-refractivity contribution is -0.117. The molecular formula is C19H15ClF3N3O3. The third kappa shape index (κ3) is 4.51. The lowest BCUT2D eigenvalue weighted by Crippen LogP contribution is -2.34. The van der Waals surface area contributed by atoms with Gasteiger partial charge in [-0.25, -0.2) is 13.2 Å². The summed E-state index contributed by atoms with van der Waals surface area (Å²) in [6.07, 6.45) is 1.00. The SMILES string of the molecule is O=C(CNC(=O)c1ccc(Cl)cc1N1CCCC1=O)Nc1ccc(F)c(F)c1F. The Morgan fingerprint density at radius 3 is 2.55 bits per heavy atom. The van der Waals surface area contributed by atoms with Crippen LogP contribution in [0.25, 0.3) is 0 Å². The summed E-state index contributed by atoms with van der Waals surface area (Å²) in [7, 11) is 0. The van der Waals surface area contributed by atoms with E-state index in [0.29, 0.717) is 36.2 Å². The molecule has 0 aliphatic carbocycles. The molecule has 2 aromatic rings. The van der Waals surface area contributed by atoms with E-state index in [9.17, 15) is 27.6 Å². The molecule has 0 aromatic heterocycles. The summed E-state index contributed by atoms with van der Waals surface area (Å²) in [6, 6.07) is 5.91. The van der Waals surface area contributed by atoms with E-state index >= 15 is 0 Å². The first-order valence-corrected chi connectivity index (χ1v) is 8.97. The van der Waals surface area contributed by atoms with Gasteiger partial charge in [-0.2, -0.15) is 0 Å². The Kier molecular flexibility index (Phi) is 6.07. The van der Waals surface area contributed by atoms with Crippen molar-refractivity contribution in [2.24, 2.45) is 0 Å². The molecule has 1 aliphatic rings. The van der Waals surface area contributed by atoms with Crippen LogP contribution in [0.4, 0.5) is 24.5 Å². The highest BCUT2D eigenvalue weighted by Crippen LogP contribution is 2.28. The third-order valence-electron chi connectivity index (χ3n) is 4.29. The average Bonchev–Trinajstić information content (AvgIpc) is 3.12. The Balaban J connectivity index is 1.69. The molecule has 0 spiro atoms. The van der Waals surface area contributed by atoms with Crippen LogP contribution in [-0.2, 0) is 9.59 Å². The zero-order valence-electron chi connectivity index (χ0n) is 14.9. The van der Waals surface area contributed by atoms with Crippen LogP contribution in [0, 0.1) is 17.5 Å². The van der Waals surface area contributed by atoms with Crippen molar-refractivity contribution in [1.29, 1.82) is 0 Å². The Bertz CT molecular complexity index is 1000. The van der Waals surface area contributed by atoms with Crippen molar-refractivity contribution < 1.29 is 27.6 Å². The predicted octanol–water partition coefficient (Wildman–Crippen LogP) is 3.25. The Morgan fingerprint density at radius 2 is 1.86 bits per heavy atom. The lowest BCUT2D eigenvalue weighted by atomic mass is 10.1. The summed E-state index contributed by atoms with van der Waals surface area (Å²) in [5.41, 5.74) is -0.0981. The number of carbonyl (C=O) groups excluding carboxylic acids is 3. The third-order valence-corrected chi connectivity index (χ3v) is 4.52. The molecular weight excluding hydrogens is 411 g/mol. The van der Waals surface area contributed by atoms with Crippen LogP contribution in [0.5, 0.6) is 0 Å². The van der Waals surface area contributed by atoms with Gasteiger partial charge in [-0.3, -0.25) is 14.4 Å². The number of hydrogen-bond donors (Lipinski definition) is 2. The quantitative estimate of drug-likeness (QED) is 0.722. The van der Waals surface area contributed by atoms with Crippen molar-refractivity contribution in [2.45, 2.75) is 12.8 Å². The highest BCUT2D eigenvalue weighted by Gasteiger charge is 2.26. The molecule has 1 aliphatic heterocycles. The number of nitrogens with one attached hydrogen (secondary N) is 2. The molecule has 152 valence electrons. The van der Waals surface area contributed by atoms with Crippen LogP contribution in [0.15, 0.2) is 30.3 Å². The maximum absolute atomic E-state index is 13.6. The maximum Gasteiger partial charge on any atom is 0.253 e. The summed E-state index contributed by atoms with van der Waals surface area (Å²) in [5.74, 6) is -6.30. The fourth-order valence-electron chi connectivity index (χ4n) is 2.90. The Labute approximate surface area is 168 Å². The number of halogens is 4. The summed E-state index contributed by atoms with van der Waals surface area (Å²) in [4.78, 5) is 37.9. The van der Waals surface area contributed by atoms with Gasteiger partial charge in [0.15, 0.2) is 17.5 Å². The minimum absolute atomic E-state index is 0.136. The molecule has 1 heterocycles. The summed E-state index contributed by atoms with van der Waals surface area (Å²) in [6.45, 7) is -0.122. The molecule has 1 fully saturated rings. The van der Waals surface area contributed by atoms with Crippen molar-refractivity contribution in [3.63, 3.8) is 0 Å². The largest absolute Gasteiger partial charge is 0.343 e. The number of benzene rings is 2. The number of hydrogen-bond acceptors (Lipinski definition) is 3. The van der Waals surface area contributed by atoms with Crippen LogP contribution in [0.3, 0.4) is 0 Å². The van der Waals surface area contributed by atoms with E-state index in [1.165, 1.54) is 23.1 Å². The summed E-state index contributed by atoms with van der Waals surface area (Å²) >= 11 is 5.98. The molecule has 29 heavy (non-hydrogen) atoms. The summed E-state index contributed by atoms with van der Waals surface area (Å²) in [5, 5.41) is 4.73. The van der Waals surface area contributed by atoms with E-state index in [-0.39, 0.29) is 11.5 Å². The maximum atomic E-state index is 13.6. The molecule has 0 radical (unpaired) electrons. The summed E-state index contributed by atoms with van der Waals surface area (Å²) < 4.78 is 39.8. The second-order valence-electron chi connectivity index (χ2n) is 6.26. The molecule has 0 unspecified atom stereocenters. The first-order chi connectivity index (χ1) is 13.8. The highest BCUT2D eigenvalue weighted by atomic mass is 35.5. The minimum Gasteiger partial charge on any atom is -0.343 e. The second-order valence-corrected chi connectivity index (χ2v) is 6.70. The fourth-order valence-corrected chi connectivity index (χ4v) is 3.06. The van der Waals surface area contributed by atoms with Gasteiger partial charge < -0.3 is 15.5 Å². The van der Waals surface area contributed by atoms with E-state index in [1.807, 2.05) is 0 Å². The topological polar surface area (TPSA) is 78.5 Å². The lowest BCUT2D eigenvalue weighted by Gasteiger charge is -2.19. The Morgan fingerprint density at radius 1 is 1.10 bits per heavy atom. The van der Waals surface area contributed by atoms with Gasteiger partial charge >= 0.3 is 0 Å². The molecule has 6 nitrogen and oxygen atoms in total. The van der Waals surface area contributed by atoms with Crippen LogP contribution < -0.4 is 15.5 Å². The van der Waals surface area contributed by atoms with Gasteiger partial charge in [0.25, 0.3) is 5.91 Å². The van der Waals surface area contributed by atoms with Crippen LogP contribution in [0.2, 0.25) is 5.02 Å². The van der Waals surface area contributed by atoms with E-state index < -0.39 is 41.5 Å². The van der Waals surface area contributed by atoms with Gasteiger partial charge in [-0.1, -0.05) is 11.6 Å². The molecule has 0 bridgehead atoms. The van der Waals surface area contributed by atoms with Crippen molar-refractivity contribution in [3.05, 3.63) is 58.4 Å². The van der Waals surface area contributed by atoms with Crippen molar-refractivity contribution in [1.82, 2.24) is 5.32 Å². The standard InChI is InChI=1S/C19H15ClF3N3O3/c20-10-3-4-11(14(8-10)26-7-1-2-16(26)28)19(29)24-9-15(27)25-13-6-5-12(21)17(22)18(13)23/h3-6,8H,1-2,7,9H2,(H,24,29)(H,25,27). The molecule has 3 rings (SSSR count). The second kappa shape index (κ2) is 8.52. The van der Waals surface area contributed by atoms with Crippen molar-refractivity contribution in [3.8, 4) is 0 Å². The minimum atomic E-state index is -1.71. The van der Waals surface area contributed by atoms with Gasteiger partial charge in [0, 0.05) is 18.0 Å². The molecule has 0 atom stereocenters. The zero-order chi connectivity index (χ0) is 21.1. The first kappa shape index (κ1) is 20.7. The number of nitrogens with zero attached hydrogens (tertiary/aromatic N) is 1. The van der Waals surface area contributed by atoms with E-state index in [1.54, 1.807) is 0 Å². The van der Waals surface area contributed by atoms with Crippen molar-refractivity contribution in [2.75, 3.05) is 23.3 Å². The number of anilines is 2. The number of amides is 3. The van der Waals surface area contributed by atoms with E-state index in [2.05, 4.69) is 10.6 Å². The van der Waals surface area contributed by atoms with Crippen LogP contribution in [-0.4, -0.2) is 30.8 Å². The average molecular weight is 426 g/mol. The molecule has 2 N–H and O–H groups in total. The highest BCUT2D eigenvalue weighted by molar-refractivity contribution is 6.31. The van der Waals surface area contributed by atoms with Crippen LogP contribution >= 0.6 is 11.6 Å². The van der Waals surface area contributed by atoms with Crippen LogP contribution in [0.1, 0.15) is 23.2 Å². The smallest absolute Gasteiger partial charge is 0.253 e. The molecule has 2 aromatic carbocycles. The molecule has 0 saturated carbocycles. The Hall–Kier alpha value is -3.07. The molecule has 10 heteroatoms. The van der Waals surface area contributed by atoms with Crippen molar-refractivity contribution >= 4 is 40.7 Å². The normalized spacial score (nSPS) is 13.5. The zero-order valence-corrected chi connectivity index (χ0v) is 15.7. The van der Waals surface area contributed by atoms with Gasteiger partial charge in [0.1, 0.15) is 0 Å². The van der Waals surface area contributed by atoms with E-state index in [4.69, 9.17) is 11.6 Å².